The molecule has 2 aliphatic carbocycles. The van der Waals surface area contributed by atoms with Crippen LogP contribution in [0, 0.1) is 10.8 Å². The highest BCUT2D eigenvalue weighted by molar-refractivity contribution is 5.97. The molecule has 0 spiro atoms. The topological polar surface area (TPSA) is 93.2 Å². The van der Waals surface area contributed by atoms with Crippen LogP contribution in [0.4, 0.5) is 0 Å². The van der Waals surface area contributed by atoms with Gasteiger partial charge in [-0.3, -0.25) is 14.4 Å². The summed E-state index contributed by atoms with van der Waals surface area (Å²) in [6.45, 7) is 21.3. The molecule has 3 aliphatic rings. The summed E-state index contributed by atoms with van der Waals surface area (Å²) >= 11 is 0. The van der Waals surface area contributed by atoms with Crippen molar-refractivity contribution in [2.24, 2.45) is 10.8 Å². The highest BCUT2D eigenvalue weighted by Gasteiger charge is 2.76. The van der Waals surface area contributed by atoms with Gasteiger partial charge in [-0.05, 0) is 64.5 Å². The Labute approximate surface area is 282 Å². The first-order chi connectivity index (χ1) is 21.6. The zero-order valence-corrected chi connectivity index (χ0v) is 30.5. The molecule has 0 amide bonds. The van der Waals surface area contributed by atoms with Crippen LogP contribution < -0.4 is 0 Å². The lowest BCUT2D eigenvalue weighted by Gasteiger charge is -2.46. The predicted molar refractivity (Wildman–Crippen MR) is 190 cm³/mol. The molecule has 47 heavy (non-hydrogen) atoms. The van der Waals surface area contributed by atoms with E-state index in [0.717, 1.165) is 22.3 Å². The van der Waals surface area contributed by atoms with Crippen LogP contribution in [0.2, 0.25) is 0 Å². The van der Waals surface area contributed by atoms with E-state index >= 15 is 0 Å². The van der Waals surface area contributed by atoms with E-state index in [-0.39, 0.29) is 34.5 Å². The molecular weight excluding hydrogens is 588 g/mol. The number of ketones is 2. The van der Waals surface area contributed by atoms with Crippen molar-refractivity contribution in [2.75, 3.05) is 0 Å². The summed E-state index contributed by atoms with van der Waals surface area (Å²) in [5.41, 5.74) is 1.97. The van der Waals surface area contributed by atoms with E-state index in [2.05, 4.69) is 19.9 Å². The van der Waals surface area contributed by atoms with E-state index in [1.54, 1.807) is 6.92 Å². The minimum atomic E-state index is -1.06. The fraction of sp³-hybridized carbons (Fsp3) is 0.537. The second-order valence-electron chi connectivity index (χ2n) is 15.6. The SMILES string of the molecule is CC(=O)O[C@H]1CC(C)(C)/C(=C/C(C)=C/C=C/C(C)=C/C=C/C=C(C)/C=C/C=C(\C)C(=O)C[C@@]23O[C@]2(C)CC(=O)CC3(C)C)C(C)(O)C1. The van der Waals surface area contributed by atoms with Crippen LogP contribution in [0.5, 0.6) is 0 Å². The zero-order valence-electron chi connectivity index (χ0n) is 30.5. The van der Waals surface area contributed by atoms with E-state index in [1.807, 2.05) is 109 Å². The monoisotopic (exact) mass is 644 g/mol. The summed E-state index contributed by atoms with van der Waals surface area (Å²) < 4.78 is 11.6. The molecule has 3 rings (SSSR count). The van der Waals surface area contributed by atoms with Gasteiger partial charge < -0.3 is 14.6 Å². The number of fused-ring (bicyclic) bond motifs is 1. The molecule has 1 heterocycles. The Bertz CT molecular complexity index is 1480. The first-order valence-electron chi connectivity index (χ1n) is 16.7. The number of Topliss-reactive ketones (excluding diaryl/α,β-unsaturated/α-hetero) is 2. The van der Waals surface area contributed by atoms with Gasteiger partial charge in [0.1, 0.15) is 23.1 Å². The van der Waals surface area contributed by atoms with Gasteiger partial charge in [0.05, 0.1) is 5.60 Å². The minimum Gasteiger partial charge on any atom is -0.462 e. The second kappa shape index (κ2) is 14.4. The van der Waals surface area contributed by atoms with Crippen LogP contribution in [0.15, 0.2) is 94.7 Å². The largest absolute Gasteiger partial charge is 0.462 e. The number of aliphatic hydroxyl groups is 1. The third-order valence-corrected chi connectivity index (χ3v) is 9.96. The second-order valence-corrected chi connectivity index (χ2v) is 15.6. The van der Waals surface area contributed by atoms with E-state index < -0.39 is 16.8 Å². The number of carbonyl (C=O) groups is 3. The maximum Gasteiger partial charge on any atom is 0.302 e. The van der Waals surface area contributed by atoms with Crippen molar-refractivity contribution in [3.05, 3.63) is 94.7 Å². The number of esters is 1. The molecule has 2 saturated carbocycles. The summed E-state index contributed by atoms with van der Waals surface area (Å²) in [5.74, 6) is -0.0591. The fourth-order valence-electron chi connectivity index (χ4n) is 7.59. The maximum atomic E-state index is 13.1. The van der Waals surface area contributed by atoms with Crippen molar-refractivity contribution < 1.29 is 29.0 Å². The van der Waals surface area contributed by atoms with Gasteiger partial charge in [-0.25, -0.2) is 0 Å². The van der Waals surface area contributed by atoms with Crippen LogP contribution in [0.25, 0.3) is 0 Å². The Morgan fingerprint density at radius 2 is 1.36 bits per heavy atom. The quantitative estimate of drug-likeness (QED) is 0.105. The smallest absolute Gasteiger partial charge is 0.302 e. The molecular formula is C41H56O6. The molecule has 1 N–H and O–H groups in total. The molecule has 4 atom stereocenters. The molecule has 1 unspecified atom stereocenters. The average Bonchev–Trinajstić information content (AvgIpc) is 3.52. The van der Waals surface area contributed by atoms with Crippen LogP contribution in [-0.4, -0.2) is 45.5 Å². The molecule has 6 nitrogen and oxygen atoms in total. The molecule has 3 fully saturated rings. The lowest BCUT2D eigenvalue weighted by Crippen LogP contribution is -2.47. The summed E-state index contributed by atoms with van der Waals surface area (Å²) in [5, 5.41) is 11.2. The third kappa shape index (κ3) is 9.39. The van der Waals surface area contributed by atoms with Crippen LogP contribution in [0.1, 0.15) is 108 Å². The molecule has 1 aliphatic heterocycles. The number of hydrogen-bond donors (Lipinski definition) is 1. The normalized spacial score (nSPS) is 32.4. The van der Waals surface area contributed by atoms with E-state index in [1.165, 1.54) is 6.92 Å². The predicted octanol–water partition coefficient (Wildman–Crippen LogP) is 8.75. The van der Waals surface area contributed by atoms with Gasteiger partial charge >= 0.3 is 5.97 Å². The third-order valence-electron chi connectivity index (χ3n) is 9.96. The lowest BCUT2D eigenvalue weighted by atomic mass is 9.62. The summed E-state index contributed by atoms with van der Waals surface area (Å²) in [6, 6.07) is 0. The van der Waals surface area contributed by atoms with Crippen molar-refractivity contribution in [3.8, 4) is 0 Å². The standard InChI is InChI=1S/C41H56O6/c1-28(18-14-20-30(3)22-36-37(6,7)25-34(46-32(5)42)26-39(36,10)45)16-12-13-17-29(2)19-15-21-31(4)35(44)27-41-38(8,9)23-33(43)24-40(41,11)47-41/h12-22,34,45H,23-27H2,1-11H3/b13-12+,18-14+,19-15+,28-16+,29-17+,30-20+,31-21+,36-22-/t34-,39?,40+,41-/m0/s1. The highest BCUT2D eigenvalue weighted by atomic mass is 16.6. The fourth-order valence-corrected chi connectivity index (χ4v) is 7.59. The molecule has 6 heteroatoms. The number of allylic oxidation sites excluding steroid dienone is 15. The Morgan fingerprint density at radius 1 is 0.809 bits per heavy atom. The van der Waals surface area contributed by atoms with E-state index in [0.29, 0.717) is 37.7 Å². The van der Waals surface area contributed by atoms with Gasteiger partial charge in [-0.2, -0.15) is 0 Å². The Balaban J connectivity index is 1.54. The van der Waals surface area contributed by atoms with Crippen molar-refractivity contribution >= 4 is 17.5 Å². The summed E-state index contributed by atoms with van der Waals surface area (Å²) in [4.78, 5) is 36.7. The van der Waals surface area contributed by atoms with Crippen LogP contribution in [0.3, 0.4) is 0 Å². The van der Waals surface area contributed by atoms with Crippen molar-refractivity contribution in [3.63, 3.8) is 0 Å². The molecule has 0 aromatic heterocycles. The highest BCUT2D eigenvalue weighted by Crippen LogP contribution is 2.66. The number of epoxide rings is 1. The summed E-state index contributed by atoms with van der Waals surface area (Å²) in [7, 11) is 0. The first kappa shape index (κ1) is 38.1. The van der Waals surface area contributed by atoms with Gasteiger partial charge in [0.15, 0.2) is 5.78 Å². The Hall–Kier alpha value is -3.35. The molecule has 256 valence electrons. The van der Waals surface area contributed by atoms with E-state index in [9.17, 15) is 19.5 Å². The van der Waals surface area contributed by atoms with Gasteiger partial charge in [-0.15, -0.1) is 0 Å². The van der Waals surface area contributed by atoms with Gasteiger partial charge in [0.25, 0.3) is 0 Å². The Morgan fingerprint density at radius 3 is 1.89 bits per heavy atom. The molecule has 0 aromatic rings. The van der Waals surface area contributed by atoms with Gasteiger partial charge in [0.2, 0.25) is 0 Å². The summed E-state index contributed by atoms with van der Waals surface area (Å²) in [6.07, 6.45) is 23.7. The number of ether oxygens (including phenoxy) is 2. The van der Waals surface area contributed by atoms with E-state index in [4.69, 9.17) is 9.47 Å². The maximum absolute atomic E-state index is 13.1. The molecule has 0 bridgehead atoms. The first-order valence-corrected chi connectivity index (χ1v) is 16.7. The van der Waals surface area contributed by atoms with Crippen molar-refractivity contribution in [1.82, 2.24) is 0 Å². The van der Waals surface area contributed by atoms with Crippen LogP contribution >= 0.6 is 0 Å². The van der Waals surface area contributed by atoms with Gasteiger partial charge in [-0.1, -0.05) is 111 Å². The van der Waals surface area contributed by atoms with Crippen molar-refractivity contribution in [2.45, 2.75) is 131 Å². The molecule has 1 saturated heterocycles. The van der Waals surface area contributed by atoms with Gasteiger partial charge in [0, 0.05) is 38.0 Å². The molecule has 0 radical (unpaired) electrons. The average molecular weight is 645 g/mol. The minimum absolute atomic E-state index is 0.0526. The Kier molecular flexibility index (Phi) is 11.7. The zero-order chi connectivity index (χ0) is 35.4. The van der Waals surface area contributed by atoms with Crippen molar-refractivity contribution in [1.29, 1.82) is 0 Å². The number of carbonyl (C=O) groups excluding carboxylic acids is 3. The number of hydrogen-bond acceptors (Lipinski definition) is 6. The lowest BCUT2D eigenvalue weighted by molar-refractivity contribution is -0.152. The number of rotatable bonds is 11. The van der Waals surface area contributed by atoms with Crippen LogP contribution in [-0.2, 0) is 23.9 Å². The molecule has 0 aromatic carbocycles.